The molecule has 0 saturated carbocycles. The molecule has 1 aromatic rings. The van der Waals surface area contributed by atoms with Crippen LogP contribution in [0.25, 0.3) is 0 Å². The van der Waals surface area contributed by atoms with Crippen molar-refractivity contribution in [3.8, 4) is 0 Å². The Morgan fingerprint density at radius 2 is 2.11 bits per heavy atom. The van der Waals surface area contributed by atoms with Crippen LogP contribution in [0.3, 0.4) is 0 Å². The summed E-state index contributed by atoms with van der Waals surface area (Å²) in [5.74, 6) is 6.67. The molecule has 0 spiro atoms. The van der Waals surface area contributed by atoms with E-state index in [0.717, 1.165) is 17.1 Å². The highest BCUT2D eigenvalue weighted by molar-refractivity contribution is 6.31. The smallest absolute Gasteiger partial charge is 0.208 e. The molecule has 1 rings (SSSR count). The Kier molecular flexibility index (Phi) is 5.95. The minimum Gasteiger partial charge on any atom is -0.341 e. The number of hydrazine groups is 1. The molecule has 18 heavy (non-hydrogen) atoms. The summed E-state index contributed by atoms with van der Waals surface area (Å²) in [6, 6.07) is 7.76. The molecule has 100 valence electrons. The summed E-state index contributed by atoms with van der Waals surface area (Å²) >= 11 is 6.13. The Labute approximate surface area is 114 Å². The third-order valence-corrected chi connectivity index (χ3v) is 2.83. The number of rotatable bonds is 4. The summed E-state index contributed by atoms with van der Waals surface area (Å²) in [6.45, 7) is 5.64. The van der Waals surface area contributed by atoms with Crippen molar-refractivity contribution in [3.63, 3.8) is 0 Å². The molecule has 0 amide bonds. The minimum absolute atomic E-state index is 0.502. The predicted octanol–water partition coefficient (Wildman–Crippen LogP) is 2.25. The van der Waals surface area contributed by atoms with Crippen LogP contribution in [0.4, 0.5) is 0 Å². The van der Waals surface area contributed by atoms with Crippen LogP contribution in [-0.2, 0) is 6.54 Å². The Hall–Kier alpha value is -1.26. The third-order valence-electron chi connectivity index (χ3n) is 2.46. The number of nitrogens with two attached hydrogens (primary N) is 1. The van der Waals surface area contributed by atoms with E-state index in [4.69, 9.17) is 17.4 Å². The molecule has 0 atom stereocenters. The van der Waals surface area contributed by atoms with Crippen LogP contribution < -0.4 is 11.3 Å². The number of nitrogens with zero attached hydrogens (tertiary/aromatic N) is 2. The maximum Gasteiger partial charge on any atom is 0.208 e. The fourth-order valence-corrected chi connectivity index (χ4v) is 1.70. The second-order valence-electron chi connectivity index (χ2n) is 4.65. The lowest BCUT2D eigenvalue weighted by atomic mass is 10.2. The minimum atomic E-state index is 0.502. The first-order valence-electron chi connectivity index (χ1n) is 6.00. The van der Waals surface area contributed by atoms with E-state index in [9.17, 15) is 0 Å². The van der Waals surface area contributed by atoms with Gasteiger partial charge in [-0.1, -0.05) is 43.6 Å². The van der Waals surface area contributed by atoms with Gasteiger partial charge in [0.05, 0.1) is 0 Å². The molecule has 0 unspecified atom stereocenters. The van der Waals surface area contributed by atoms with Crippen LogP contribution in [0.15, 0.2) is 29.3 Å². The molecule has 0 heterocycles. The van der Waals surface area contributed by atoms with E-state index in [1.807, 2.05) is 36.2 Å². The molecule has 0 aliphatic heterocycles. The van der Waals surface area contributed by atoms with Crippen molar-refractivity contribution >= 4 is 17.6 Å². The number of hydrogen-bond acceptors (Lipinski definition) is 2. The Balaban J connectivity index is 2.71. The van der Waals surface area contributed by atoms with Gasteiger partial charge in [0.25, 0.3) is 0 Å². The zero-order valence-electron chi connectivity index (χ0n) is 11.2. The zero-order valence-corrected chi connectivity index (χ0v) is 11.9. The van der Waals surface area contributed by atoms with E-state index in [1.165, 1.54) is 0 Å². The highest BCUT2D eigenvalue weighted by atomic mass is 35.5. The maximum atomic E-state index is 6.13. The summed E-state index contributed by atoms with van der Waals surface area (Å²) in [7, 11) is 1.93. The summed E-state index contributed by atoms with van der Waals surface area (Å²) in [5.41, 5.74) is 3.68. The summed E-state index contributed by atoms with van der Waals surface area (Å²) in [6.07, 6.45) is 0. The van der Waals surface area contributed by atoms with Gasteiger partial charge in [-0.15, -0.1) is 0 Å². The van der Waals surface area contributed by atoms with Gasteiger partial charge < -0.3 is 4.90 Å². The Bertz CT molecular complexity index is 404. The molecule has 1 aromatic carbocycles. The second kappa shape index (κ2) is 7.24. The van der Waals surface area contributed by atoms with E-state index < -0.39 is 0 Å². The van der Waals surface area contributed by atoms with Gasteiger partial charge in [-0.2, -0.15) is 0 Å². The van der Waals surface area contributed by atoms with Crippen molar-refractivity contribution in [2.75, 3.05) is 13.6 Å². The number of guanidine groups is 1. The van der Waals surface area contributed by atoms with Gasteiger partial charge >= 0.3 is 0 Å². The van der Waals surface area contributed by atoms with Gasteiger partial charge in [0.2, 0.25) is 5.96 Å². The van der Waals surface area contributed by atoms with Crippen LogP contribution in [0.1, 0.15) is 19.4 Å². The van der Waals surface area contributed by atoms with Crippen molar-refractivity contribution < 1.29 is 0 Å². The largest absolute Gasteiger partial charge is 0.341 e. The first-order valence-corrected chi connectivity index (χ1v) is 6.38. The van der Waals surface area contributed by atoms with Gasteiger partial charge in [0.15, 0.2) is 0 Å². The van der Waals surface area contributed by atoms with E-state index in [-0.39, 0.29) is 0 Å². The molecule has 4 nitrogen and oxygen atoms in total. The molecule has 0 aliphatic rings. The highest BCUT2D eigenvalue weighted by Gasteiger charge is 2.08. The van der Waals surface area contributed by atoms with Crippen LogP contribution in [0.2, 0.25) is 5.02 Å². The molecule has 0 aliphatic carbocycles. The van der Waals surface area contributed by atoms with E-state index in [1.54, 1.807) is 0 Å². The molecule has 0 fully saturated rings. The molecule has 5 heteroatoms. The SMILES string of the molecule is CC(C)CN=C(NN)N(C)Cc1ccccc1Cl. The van der Waals surface area contributed by atoms with Crippen molar-refractivity contribution in [1.82, 2.24) is 10.3 Å². The van der Waals surface area contributed by atoms with Gasteiger partial charge in [0.1, 0.15) is 0 Å². The van der Waals surface area contributed by atoms with Gasteiger partial charge in [0, 0.05) is 25.2 Å². The molecule has 0 saturated heterocycles. The van der Waals surface area contributed by atoms with Crippen molar-refractivity contribution in [2.24, 2.45) is 16.8 Å². The van der Waals surface area contributed by atoms with Crippen LogP contribution in [-0.4, -0.2) is 24.5 Å². The van der Waals surface area contributed by atoms with Gasteiger partial charge in [-0.05, 0) is 17.5 Å². The average Bonchev–Trinajstić information content (AvgIpc) is 2.32. The van der Waals surface area contributed by atoms with Crippen molar-refractivity contribution in [2.45, 2.75) is 20.4 Å². The van der Waals surface area contributed by atoms with Crippen molar-refractivity contribution in [3.05, 3.63) is 34.9 Å². The molecule has 0 radical (unpaired) electrons. The number of nitrogens with one attached hydrogen (secondary N) is 1. The van der Waals surface area contributed by atoms with E-state index >= 15 is 0 Å². The van der Waals surface area contributed by atoms with Crippen LogP contribution >= 0.6 is 11.6 Å². The molecular weight excluding hydrogens is 248 g/mol. The van der Waals surface area contributed by atoms with Crippen LogP contribution in [0.5, 0.6) is 0 Å². The lowest BCUT2D eigenvalue weighted by molar-refractivity contribution is 0.474. The summed E-state index contributed by atoms with van der Waals surface area (Å²) < 4.78 is 0. The topological polar surface area (TPSA) is 53.6 Å². The highest BCUT2D eigenvalue weighted by Crippen LogP contribution is 2.16. The lowest BCUT2D eigenvalue weighted by Gasteiger charge is -2.21. The summed E-state index contributed by atoms with van der Waals surface area (Å²) in [4.78, 5) is 6.38. The van der Waals surface area contributed by atoms with Crippen molar-refractivity contribution in [1.29, 1.82) is 0 Å². The Morgan fingerprint density at radius 1 is 1.44 bits per heavy atom. The zero-order chi connectivity index (χ0) is 13.5. The number of benzene rings is 1. The number of aliphatic imine (C=N–C) groups is 1. The standard InChI is InChI=1S/C13H21ClN4/c1-10(2)8-16-13(17-15)18(3)9-11-6-4-5-7-12(11)14/h4-7,10H,8-9,15H2,1-3H3,(H,16,17). The molecule has 3 N–H and O–H groups in total. The molecular formula is C13H21ClN4. The van der Waals surface area contributed by atoms with Gasteiger partial charge in [-0.3, -0.25) is 10.4 Å². The molecule has 0 bridgehead atoms. The third kappa shape index (κ3) is 4.55. The monoisotopic (exact) mass is 268 g/mol. The van der Waals surface area contributed by atoms with E-state index in [2.05, 4.69) is 24.3 Å². The fourth-order valence-electron chi connectivity index (χ4n) is 1.50. The average molecular weight is 269 g/mol. The Morgan fingerprint density at radius 3 is 2.67 bits per heavy atom. The number of halogens is 1. The second-order valence-corrected chi connectivity index (χ2v) is 5.06. The normalized spacial score (nSPS) is 11.8. The maximum absolute atomic E-state index is 6.13. The summed E-state index contributed by atoms with van der Waals surface area (Å²) in [5, 5.41) is 0.754. The van der Waals surface area contributed by atoms with E-state index in [0.29, 0.717) is 18.4 Å². The van der Waals surface area contributed by atoms with Gasteiger partial charge in [-0.25, -0.2) is 5.84 Å². The predicted molar refractivity (Wildman–Crippen MR) is 77.4 cm³/mol. The first kappa shape index (κ1) is 14.8. The fraction of sp³-hybridized carbons (Fsp3) is 0.462. The number of hydrogen-bond donors (Lipinski definition) is 2. The lowest BCUT2D eigenvalue weighted by Crippen LogP contribution is -2.42. The van der Waals surface area contributed by atoms with Crippen LogP contribution in [0, 0.1) is 5.92 Å². The quantitative estimate of drug-likeness (QED) is 0.381. The molecule has 0 aromatic heterocycles. The first-order chi connectivity index (χ1) is 8.54.